The molecule has 4 rings (SSSR count). The van der Waals surface area contributed by atoms with Gasteiger partial charge in [0.1, 0.15) is 0 Å². The van der Waals surface area contributed by atoms with Crippen LogP contribution in [0.25, 0.3) is 0 Å². The van der Waals surface area contributed by atoms with Crippen LogP contribution in [0, 0.1) is 23.2 Å². The predicted molar refractivity (Wildman–Crippen MR) is 60.6 cm³/mol. The standard InChI is InChI=1S/C13H21Cl/c14-3-1-2-13-7-10-4-11(8-13)6-12(5-10)9-13/h10-12H,1-9H2. The van der Waals surface area contributed by atoms with Crippen molar-refractivity contribution >= 4 is 11.6 Å². The minimum absolute atomic E-state index is 0.768. The van der Waals surface area contributed by atoms with Gasteiger partial charge < -0.3 is 0 Å². The zero-order chi connectivity index (χ0) is 9.60. The van der Waals surface area contributed by atoms with Gasteiger partial charge in [0.05, 0.1) is 0 Å². The molecule has 0 nitrogen and oxygen atoms in total. The van der Waals surface area contributed by atoms with Gasteiger partial charge in [0, 0.05) is 5.88 Å². The third kappa shape index (κ3) is 1.50. The molecular formula is C13H21Cl. The van der Waals surface area contributed by atoms with Gasteiger partial charge >= 0.3 is 0 Å². The minimum atomic E-state index is 0.768. The zero-order valence-corrected chi connectivity index (χ0v) is 9.73. The molecule has 4 saturated carbocycles. The number of rotatable bonds is 3. The van der Waals surface area contributed by atoms with Crippen molar-refractivity contribution in [2.75, 3.05) is 5.88 Å². The van der Waals surface area contributed by atoms with Gasteiger partial charge in [0.15, 0.2) is 0 Å². The molecule has 4 bridgehead atoms. The van der Waals surface area contributed by atoms with Crippen molar-refractivity contribution in [3.05, 3.63) is 0 Å². The number of hydrogen-bond acceptors (Lipinski definition) is 0. The highest BCUT2D eigenvalue weighted by molar-refractivity contribution is 6.17. The molecule has 0 heterocycles. The minimum Gasteiger partial charge on any atom is -0.127 e. The summed E-state index contributed by atoms with van der Waals surface area (Å²) in [6, 6.07) is 0. The molecule has 1 heteroatoms. The van der Waals surface area contributed by atoms with E-state index in [1.165, 1.54) is 12.8 Å². The van der Waals surface area contributed by atoms with Gasteiger partial charge in [0.2, 0.25) is 0 Å². The molecule has 0 aromatic heterocycles. The van der Waals surface area contributed by atoms with Crippen LogP contribution in [0.2, 0.25) is 0 Å². The summed E-state index contributed by atoms with van der Waals surface area (Å²) in [5.74, 6) is 4.20. The van der Waals surface area contributed by atoms with E-state index in [0.29, 0.717) is 0 Å². The Bertz CT molecular complexity index is 186. The Morgan fingerprint density at radius 3 is 1.86 bits per heavy atom. The Hall–Kier alpha value is 0.290. The van der Waals surface area contributed by atoms with Gasteiger partial charge in [0.25, 0.3) is 0 Å². The van der Waals surface area contributed by atoms with E-state index >= 15 is 0 Å². The number of hydrogen-bond donors (Lipinski definition) is 0. The van der Waals surface area contributed by atoms with Crippen molar-refractivity contribution < 1.29 is 0 Å². The second-order valence-corrected chi connectivity index (χ2v) is 6.59. The van der Waals surface area contributed by atoms with Crippen LogP contribution >= 0.6 is 11.6 Å². The van der Waals surface area contributed by atoms with E-state index < -0.39 is 0 Å². The fourth-order valence-electron chi connectivity index (χ4n) is 5.04. The Morgan fingerprint density at radius 2 is 1.43 bits per heavy atom. The largest absolute Gasteiger partial charge is 0.127 e. The van der Waals surface area contributed by atoms with Crippen LogP contribution in [0.1, 0.15) is 51.4 Å². The fourth-order valence-corrected chi connectivity index (χ4v) is 5.17. The second-order valence-electron chi connectivity index (χ2n) is 6.21. The fraction of sp³-hybridized carbons (Fsp3) is 1.00. The van der Waals surface area contributed by atoms with Crippen molar-refractivity contribution in [3.63, 3.8) is 0 Å². The second kappa shape index (κ2) is 3.40. The molecule has 14 heavy (non-hydrogen) atoms. The highest BCUT2D eigenvalue weighted by Gasteiger charge is 2.50. The molecule has 4 aliphatic carbocycles. The molecule has 0 saturated heterocycles. The summed E-state index contributed by atoms with van der Waals surface area (Å²) in [5.41, 5.74) is 0.768. The highest BCUT2D eigenvalue weighted by atomic mass is 35.5. The Labute approximate surface area is 92.4 Å². The lowest BCUT2D eigenvalue weighted by Crippen LogP contribution is -2.45. The zero-order valence-electron chi connectivity index (χ0n) is 8.97. The van der Waals surface area contributed by atoms with Gasteiger partial charge in [-0.3, -0.25) is 0 Å². The molecule has 0 N–H and O–H groups in total. The van der Waals surface area contributed by atoms with Crippen LogP contribution in [-0.2, 0) is 0 Å². The van der Waals surface area contributed by atoms with E-state index in [-0.39, 0.29) is 0 Å². The summed E-state index contributed by atoms with van der Waals surface area (Å²) in [5, 5.41) is 0. The molecule has 4 aliphatic rings. The molecule has 0 aliphatic heterocycles. The van der Waals surface area contributed by atoms with E-state index in [1.807, 2.05) is 0 Å². The predicted octanol–water partition coefficient (Wildman–Crippen LogP) is 4.22. The lowest BCUT2D eigenvalue weighted by Gasteiger charge is -2.57. The summed E-state index contributed by atoms with van der Waals surface area (Å²) < 4.78 is 0. The van der Waals surface area contributed by atoms with Gasteiger partial charge in [-0.25, -0.2) is 0 Å². The van der Waals surface area contributed by atoms with Crippen molar-refractivity contribution in [1.82, 2.24) is 0 Å². The monoisotopic (exact) mass is 212 g/mol. The van der Waals surface area contributed by atoms with Crippen LogP contribution in [0.3, 0.4) is 0 Å². The number of halogens is 1. The maximum atomic E-state index is 5.84. The normalized spacial score (nSPS) is 49.9. The van der Waals surface area contributed by atoms with Crippen LogP contribution in [0.15, 0.2) is 0 Å². The summed E-state index contributed by atoms with van der Waals surface area (Å²) in [6.45, 7) is 0. The van der Waals surface area contributed by atoms with Gasteiger partial charge in [-0.1, -0.05) is 0 Å². The molecular weight excluding hydrogens is 192 g/mol. The van der Waals surface area contributed by atoms with Crippen LogP contribution in [0.4, 0.5) is 0 Å². The first-order chi connectivity index (χ1) is 6.80. The Kier molecular flexibility index (Phi) is 2.31. The average molecular weight is 213 g/mol. The van der Waals surface area contributed by atoms with E-state index in [9.17, 15) is 0 Å². The first-order valence-corrected chi connectivity index (χ1v) is 6.89. The van der Waals surface area contributed by atoms with Gasteiger partial charge in [-0.15, -0.1) is 11.6 Å². The molecule has 0 unspecified atom stereocenters. The topological polar surface area (TPSA) is 0 Å². The Morgan fingerprint density at radius 1 is 0.929 bits per heavy atom. The lowest BCUT2D eigenvalue weighted by molar-refractivity contribution is -0.0573. The van der Waals surface area contributed by atoms with Crippen molar-refractivity contribution in [1.29, 1.82) is 0 Å². The van der Waals surface area contributed by atoms with Gasteiger partial charge in [-0.2, -0.15) is 0 Å². The van der Waals surface area contributed by atoms with E-state index in [4.69, 9.17) is 11.6 Å². The Balaban J connectivity index is 1.74. The molecule has 80 valence electrons. The quantitative estimate of drug-likeness (QED) is 0.615. The summed E-state index contributed by atoms with van der Waals surface area (Å²) in [7, 11) is 0. The maximum Gasteiger partial charge on any atom is 0.0223 e. The van der Waals surface area contributed by atoms with Crippen LogP contribution < -0.4 is 0 Å². The van der Waals surface area contributed by atoms with Crippen molar-refractivity contribution in [2.45, 2.75) is 51.4 Å². The molecule has 4 fully saturated rings. The van der Waals surface area contributed by atoms with Gasteiger partial charge in [-0.05, 0) is 74.5 Å². The summed E-state index contributed by atoms with van der Waals surface area (Å²) in [6.07, 6.45) is 12.1. The molecule has 0 aromatic rings. The molecule has 0 amide bonds. The summed E-state index contributed by atoms with van der Waals surface area (Å²) in [4.78, 5) is 0. The lowest BCUT2D eigenvalue weighted by atomic mass is 9.49. The average Bonchev–Trinajstić information content (AvgIpc) is 2.12. The van der Waals surface area contributed by atoms with E-state index in [0.717, 1.165) is 29.0 Å². The first-order valence-electron chi connectivity index (χ1n) is 6.36. The third-order valence-corrected chi connectivity index (χ3v) is 5.27. The molecule has 0 radical (unpaired) electrons. The molecule has 0 spiro atoms. The van der Waals surface area contributed by atoms with Crippen LogP contribution in [0.5, 0.6) is 0 Å². The first kappa shape index (κ1) is 9.51. The SMILES string of the molecule is ClCCCC12CC3CC(CC(C3)C1)C2. The van der Waals surface area contributed by atoms with E-state index in [1.54, 1.807) is 38.5 Å². The number of alkyl halides is 1. The summed E-state index contributed by atoms with van der Waals surface area (Å²) >= 11 is 5.84. The van der Waals surface area contributed by atoms with E-state index in [2.05, 4.69) is 0 Å². The smallest absolute Gasteiger partial charge is 0.0223 e. The van der Waals surface area contributed by atoms with Crippen molar-refractivity contribution in [3.8, 4) is 0 Å². The highest BCUT2D eigenvalue weighted by Crippen LogP contribution is 2.61. The van der Waals surface area contributed by atoms with Crippen LogP contribution in [-0.4, -0.2) is 5.88 Å². The third-order valence-electron chi connectivity index (χ3n) is 5.01. The maximum absolute atomic E-state index is 5.84. The van der Waals surface area contributed by atoms with Crippen molar-refractivity contribution in [2.24, 2.45) is 23.2 Å². The molecule has 0 aromatic carbocycles. The molecule has 0 atom stereocenters.